The van der Waals surface area contributed by atoms with Crippen molar-refractivity contribution in [1.29, 1.82) is 0 Å². The highest BCUT2D eigenvalue weighted by atomic mass is 16.6. The molecule has 0 aliphatic carbocycles. The van der Waals surface area contributed by atoms with E-state index in [0.29, 0.717) is 5.69 Å². The molecule has 0 spiro atoms. The number of hydrogen-bond acceptors (Lipinski definition) is 8. The van der Waals surface area contributed by atoms with E-state index in [4.69, 9.17) is 11.5 Å². The molecule has 10 nitrogen and oxygen atoms in total. The zero-order valence-corrected chi connectivity index (χ0v) is 10.6. The molecular formula is C11H11N7O3. The lowest BCUT2D eigenvalue weighted by atomic mass is 10.3. The molecule has 0 saturated carbocycles. The molecule has 1 aromatic carbocycles. The quantitative estimate of drug-likeness (QED) is 0.356. The molecule has 0 radical (unpaired) electrons. The number of nitrogens with zero attached hydrogens (tertiary/aromatic N) is 3. The molecular weight excluding hydrogens is 278 g/mol. The summed E-state index contributed by atoms with van der Waals surface area (Å²) in [5.41, 5.74) is 13.5. The second-order valence-electron chi connectivity index (χ2n) is 3.92. The van der Waals surface area contributed by atoms with Crippen LogP contribution in [0.3, 0.4) is 0 Å². The van der Waals surface area contributed by atoms with E-state index in [-0.39, 0.29) is 23.0 Å². The molecule has 0 atom stereocenters. The number of nitro groups is 1. The van der Waals surface area contributed by atoms with Crippen LogP contribution in [0.25, 0.3) is 0 Å². The minimum absolute atomic E-state index is 0.0343. The lowest BCUT2D eigenvalue weighted by molar-refractivity contribution is -0.384. The fraction of sp³-hybridized carbons (Fsp3) is 0. The van der Waals surface area contributed by atoms with E-state index in [1.54, 1.807) is 0 Å². The first kappa shape index (κ1) is 14.0. The lowest BCUT2D eigenvalue weighted by Crippen LogP contribution is -2.19. The van der Waals surface area contributed by atoms with Gasteiger partial charge in [0.25, 0.3) is 11.2 Å². The number of aromatic amines is 1. The third-order valence-electron chi connectivity index (χ3n) is 2.47. The van der Waals surface area contributed by atoms with Gasteiger partial charge in [-0.2, -0.15) is 10.1 Å². The van der Waals surface area contributed by atoms with E-state index >= 15 is 0 Å². The van der Waals surface area contributed by atoms with E-state index in [1.165, 1.54) is 30.5 Å². The summed E-state index contributed by atoms with van der Waals surface area (Å²) >= 11 is 0. The number of benzene rings is 1. The monoisotopic (exact) mass is 289 g/mol. The topological polar surface area (TPSA) is 165 Å². The Bertz CT molecular complexity index is 751. The van der Waals surface area contributed by atoms with Crippen molar-refractivity contribution in [2.24, 2.45) is 5.10 Å². The number of nitrogen functional groups attached to an aromatic ring is 2. The van der Waals surface area contributed by atoms with Gasteiger partial charge in [0.1, 0.15) is 11.4 Å². The number of hydrogen-bond donors (Lipinski definition) is 4. The molecule has 6 N–H and O–H groups in total. The Hall–Kier alpha value is -3.43. The van der Waals surface area contributed by atoms with Crippen LogP contribution in [0.1, 0.15) is 5.56 Å². The van der Waals surface area contributed by atoms with Gasteiger partial charge in [-0.15, -0.1) is 0 Å². The standard InChI is InChI=1S/C11H11N7O3/c12-9-8(10(19)16-11(13)15-9)5-14-17-6-1-3-7(4-2-6)18(20)21/h1-5,17H,(H5,12,13,15,16,19)/b14-5+. The number of nitrogens with one attached hydrogen (secondary N) is 2. The molecule has 1 aromatic heterocycles. The largest absolute Gasteiger partial charge is 0.383 e. The zero-order valence-electron chi connectivity index (χ0n) is 10.6. The molecule has 0 aliphatic rings. The van der Waals surface area contributed by atoms with Crippen molar-refractivity contribution in [3.8, 4) is 0 Å². The van der Waals surface area contributed by atoms with Crippen LogP contribution in [-0.2, 0) is 0 Å². The van der Waals surface area contributed by atoms with Crippen LogP contribution in [0.4, 0.5) is 23.1 Å². The molecule has 0 aliphatic heterocycles. The van der Waals surface area contributed by atoms with Gasteiger partial charge in [0, 0.05) is 12.1 Å². The molecule has 0 bridgehead atoms. The maximum absolute atomic E-state index is 11.6. The Balaban J connectivity index is 2.13. The van der Waals surface area contributed by atoms with Crippen molar-refractivity contribution in [3.05, 3.63) is 50.3 Å². The van der Waals surface area contributed by atoms with Crippen LogP contribution in [0.5, 0.6) is 0 Å². The highest BCUT2D eigenvalue weighted by Gasteiger charge is 2.05. The first-order valence-corrected chi connectivity index (χ1v) is 5.66. The number of hydrazone groups is 1. The molecule has 0 unspecified atom stereocenters. The average Bonchev–Trinajstić information content (AvgIpc) is 2.42. The second-order valence-corrected chi connectivity index (χ2v) is 3.92. The van der Waals surface area contributed by atoms with E-state index in [1.807, 2.05) is 0 Å². The molecule has 1 heterocycles. The van der Waals surface area contributed by atoms with E-state index in [0.717, 1.165) is 0 Å². The summed E-state index contributed by atoms with van der Waals surface area (Å²) in [6.45, 7) is 0. The summed E-state index contributed by atoms with van der Waals surface area (Å²) in [6, 6.07) is 5.60. The van der Waals surface area contributed by atoms with Crippen molar-refractivity contribution in [1.82, 2.24) is 9.97 Å². The highest BCUT2D eigenvalue weighted by Crippen LogP contribution is 2.15. The summed E-state index contributed by atoms with van der Waals surface area (Å²) < 4.78 is 0. The van der Waals surface area contributed by atoms with Crippen LogP contribution in [0.15, 0.2) is 34.2 Å². The van der Waals surface area contributed by atoms with Gasteiger partial charge < -0.3 is 11.5 Å². The number of non-ortho nitro benzene ring substituents is 1. The van der Waals surface area contributed by atoms with Gasteiger partial charge in [-0.1, -0.05) is 0 Å². The third kappa shape index (κ3) is 3.32. The van der Waals surface area contributed by atoms with Crippen LogP contribution >= 0.6 is 0 Å². The van der Waals surface area contributed by atoms with Gasteiger partial charge >= 0.3 is 0 Å². The van der Waals surface area contributed by atoms with Crippen molar-refractivity contribution in [3.63, 3.8) is 0 Å². The first-order chi connectivity index (χ1) is 9.97. The van der Waals surface area contributed by atoms with Gasteiger partial charge in [-0.25, -0.2) is 0 Å². The molecule has 0 saturated heterocycles. The Morgan fingerprint density at radius 2 is 2.00 bits per heavy atom. The van der Waals surface area contributed by atoms with Gasteiger partial charge in [0.05, 0.1) is 16.8 Å². The Morgan fingerprint density at radius 3 is 2.57 bits per heavy atom. The van der Waals surface area contributed by atoms with Crippen LogP contribution in [-0.4, -0.2) is 21.1 Å². The summed E-state index contributed by atoms with van der Waals surface area (Å²) in [5.74, 6) is -0.136. The summed E-state index contributed by atoms with van der Waals surface area (Å²) in [5, 5.41) is 14.3. The molecule has 21 heavy (non-hydrogen) atoms. The number of nitrogens with two attached hydrogens (primary N) is 2. The average molecular weight is 289 g/mol. The van der Waals surface area contributed by atoms with Crippen molar-refractivity contribution >= 4 is 29.4 Å². The van der Waals surface area contributed by atoms with Gasteiger partial charge in [0.15, 0.2) is 0 Å². The predicted molar refractivity (Wildman–Crippen MR) is 78.0 cm³/mol. The van der Waals surface area contributed by atoms with Crippen LogP contribution in [0, 0.1) is 10.1 Å². The number of aromatic nitrogens is 2. The number of H-pyrrole nitrogens is 1. The van der Waals surface area contributed by atoms with Crippen LogP contribution < -0.4 is 22.5 Å². The van der Waals surface area contributed by atoms with Gasteiger partial charge in [0.2, 0.25) is 5.95 Å². The number of nitro benzene ring substituents is 1. The van der Waals surface area contributed by atoms with E-state index in [9.17, 15) is 14.9 Å². The number of anilines is 3. The number of rotatable bonds is 4. The maximum atomic E-state index is 11.6. The normalized spacial score (nSPS) is 10.7. The molecule has 10 heteroatoms. The first-order valence-electron chi connectivity index (χ1n) is 5.66. The maximum Gasteiger partial charge on any atom is 0.269 e. The fourth-order valence-corrected chi connectivity index (χ4v) is 1.47. The summed E-state index contributed by atoms with van der Waals surface area (Å²) in [4.78, 5) is 27.5. The molecule has 2 aromatic rings. The minimum Gasteiger partial charge on any atom is -0.383 e. The Kier molecular flexibility index (Phi) is 3.79. The molecule has 108 valence electrons. The third-order valence-corrected chi connectivity index (χ3v) is 2.47. The van der Waals surface area contributed by atoms with E-state index < -0.39 is 10.5 Å². The summed E-state index contributed by atoms with van der Waals surface area (Å²) in [6.07, 6.45) is 1.18. The zero-order chi connectivity index (χ0) is 15.4. The fourth-order valence-electron chi connectivity index (χ4n) is 1.47. The molecule has 0 fully saturated rings. The van der Waals surface area contributed by atoms with Crippen LogP contribution in [0.2, 0.25) is 0 Å². The smallest absolute Gasteiger partial charge is 0.269 e. The molecule has 0 amide bonds. The minimum atomic E-state index is -0.519. The Labute approximate surface area is 117 Å². The predicted octanol–water partition coefficient (Wildman–Crippen LogP) is 0.288. The van der Waals surface area contributed by atoms with Gasteiger partial charge in [-0.05, 0) is 12.1 Å². The van der Waals surface area contributed by atoms with Crippen molar-refractivity contribution in [2.75, 3.05) is 16.9 Å². The van der Waals surface area contributed by atoms with Crippen molar-refractivity contribution in [2.45, 2.75) is 0 Å². The highest BCUT2D eigenvalue weighted by molar-refractivity contribution is 5.85. The molecule has 2 rings (SSSR count). The Morgan fingerprint density at radius 1 is 1.33 bits per heavy atom. The lowest BCUT2D eigenvalue weighted by Gasteiger charge is -2.01. The van der Waals surface area contributed by atoms with E-state index in [2.05, 4.69) is 20.5 Å². The van der Waals surface area contributed by atoms with Crippen molar-refractivity contribution < 1.29 is 4.92 Å². The van der Waals surface area contributed by atoms with Gasteiger partial charge in [-0.3, -0.25) is 25.3 Å². The SMILES string of the molecule is Nc1nc(N)c(/C=N/Nc2ccc([N+](=O)[O-])cc2)c(=O)[nH]1. The summed E-state index contributed by atoms with van der Waals surface area (Å²) in [7, 11) is 0. The second kappa shape index (κ2) is 5.69.